The van der Waals surface area contributed by atoms with Crippen LogP contribution in [0, 0.1) is 12.8 Å². The summed E-state index contributed by atoms with van der Waals surface area (Å²) in [5.41, 5.74) is 1.76. The minimum Gasteiger partial charge on any atom is -0.466 e. The predicted molar refractivity (Wildman–Crippen MR) is 86.3 cm³/mol. The minimum atomic E-state index is -0.166. The maximum absolute atomic E-state index is 12.9. The van der Waals surface area contributed by atoms with Crippen LogP contribution in [0.1, 0.15) is 35.8 Å². The second-order valence-corrected chi connectivity index (χ2v) is 5.87. The first-order valence-corrected chi connectivity index (χ1v) is 8.16. The maximum Gasteiger partial charge on any atom is 0.309 e. The van der Waals surface area contributed by atoms with E-state index in [2.05, 4.69) is 10.2 Å². The fourth-order valence-corrected chi connectivity index (χ4v) is 3.02. The number of furan rings is 1. The van der Waals surface area contributed by atoms with Gasteiger partial charge in [0.15, 0.2) is 5.76 Å². The number of aromatic nitrogens is 2. The van der Waals surface area contributed by atoms with E-state index in [1.807, 2.05) is 6.92 Å². The van der Waals surface area contributed by atoms with E-state index in [0.717, 1.165) is 0 Å². The smallest absolute Gasteiger partial charge is 0.309 e. The van der Waals surface area contributed by atoms with Crippen molar-refractivity contribution in [2.45, 2.75) is 26.7 Å². The summed E-state index contributed by atoms with van der Waals surface area (Å²) in [6.07, 6.45) is 2.80. The van der Waals surface area contributed by atoms with Crippen molar-refractivity contribution in [3.63, 3.8) is 0 Å². The number of likely N-dealkylation sites (tertiary alicyclic amines) is 1. The number of amides is 1. The molecular weight excluding hydrogens is 310 g/mol. The molecule has 128 valence electrons. The summed E-state index contributed by atoms with van der Waals surface area (Å²) in [5.74, 6) is 0.184. The number of aromatic amines is 1. The molecule has 0 aromatic carbocycles. The van der Waals surface area contributed by atoms with E-state index < -0.39 is 0 Å². The lowest BCUT2D eigenvalue weighted by Gasteiger charge is -2.31. The second-order valence-electron chi connectivity index (χ2n) is 5.87. The second kappa shape index (κ2) is 6.90. The van der Waals surface area contributed by atoms with E-state index in [1.54, 1.807) is 30.2 Å². The van der Waals surface area contributed by atoms with Crippen LogP contribution in [0.25, 0.3) is 11.5 Å². The third-order valence-corrected chi connectivity index (χ3v) is 4.32. The van der Waals surface area contributed by atoms with Crippen molar-refractivity contribution in [3.05, 3.63) is 29.7 Å². The van der Waals surface area contributed by atoms with Gasteiger partial charge in [0.25, 0.3) is 5.91 Å². The van der Waals surface area contributed by atoms with Gasteiger partial charge in [0.1, 0.15) is 5.69 Å². The van der Waals surface area contributed by atoms with Crippen LogP contribution >= 0.6 is 0 Å². The molecule has 0 bridgehead atoms. The van der Waals surface area contributed by atoms with Gasteiger partial charge in [-0.2, -0.15) is 5.10 Å². The number of carbonyl (C=O) groups is 2. The van der Waals surface area contributed by atoms with Crippen LogP contribution in [0.3, 0.4) is 0 Å². The summed E-state index contributed by atoms with van der Waals surface area (Å²) in [4.78, 5) is 26.5. The molecule has 1 aliphatic rings. The van der Waals surface area contributed by atoms with Crippen molar-refractivity contribution in [1.29, 1.82) is 0 Å². The fraction of sp³-hybridized carbons (Fsp3) is 0.471. The van der Waals surface area contributed by atoms with Crippen molar-refractivity contribution in [2.75, 3.05) is 19.7 Å². The van der Waals surface area contributed by atoms with Crippen LogP contribution in [0.15, 0.2) is 22.8 Å². The van der Waals surface area contributed by atoms with Gasteiger partial charge in [0, 0.05) is 18.8 Å². The highest BCUT2D eigenvalue weighted by Crippen LogP contribution is 2.27. The highest BCUT2D eigenvalue weighted by atomic mass is 16.5. The molecule has 3 rings (SSSR count). The van der Waals surface area contributed by atoms with E-state index >= 15 is 0 Å². The number of hydrogen-bond acceptors (Lipinski definition) is 5. The molecule has 1 fully saturated rings. The average molecular weight is 331 g/mol. The molecule has 1 saturated heterocycles. The number of nitrogens with one attached hydrogen (secondary N) is 1. The summed E-state index contributed by atoms with van der Waals surface area (Å²) in [5, 5.41) is 7.06. The van der Waals surface area contributed by atoms with Crippen molar-refractivity contribution >= 4 is 11.9 Å². The summed E-state index contributed by atoms with van der Waals surface area (Å²) in [7, 11) is 0. The van der Waals surface area contributed by atoms with Gasteiger partial charge < -0.3 is 14.1 Å². The minimum absolute atomic E-state index is 0.0880. The van der Waals surface area contributed by atoms with E-state index in [9.17, 15) is 9.59 Å². The molecule has 1 aliphatic heterocycles. The topological polar surface area (TPSA) is 88.4 Å². The van der Waals surface area contributed by atoms with Crippen molar-refractivity contribution in [3.8, 4) is 11.5 Å². The molecule has 0 atom stereocenters. The number of nitrogens with zero attached hydrogens (tertiary/aromatic N) is 2. The van der Waals surface area contributed by atoms with Gasteiger partial charge in [-0.15, -0.1) is 0 Å². The first-order chi connectivity index (χ1) is 11.6. The molecule has 2 aromatic heterocycles. The lowest BCUT2D eigenvalue weighted by molar-refractivity contribution is -0.149. The Hall–Kier alpha value is -2.57. The summed E-state index contributed by atoms with van der Waals surface area (Å²) < 4.78 is 10.4. The Morgan fingerprint density at radius 1 is 1.42 bits per heavy atom. The predicted octanol–water partition coefficient (Wildman–Crippen LogP) is 2.39. The van der Waals surface area contributed by atoms with Crippen molar-refractivity contribution in [1.82, 2.24) is 15.1 Å². The SMILES string of the molecule is CCOC(=O)C1CCN(C(=O)c2c(-c3ccco3)n[nH]c2C)CC1. The molecule has 7 heteroatoms. The zero-order chi connectivity index (χ0) is 17.1. The number of hydrogen-bond donors (Lipinski definition) is 1. The Labute approximate surface area is 140 Å². The van der Waals surface area contributed by atoms with Gasteiger partial charge in [0.2, 0.25) is 0 Å². The lowest BCUT2D eigenvalue weighted by atomic mass is 9.96. The third kappa shape index (κ3) is 3.06. The highest BCUT2D eigenvalue weighted by Gasteiger charge is 2.31. The fourth-order valence-electron chi connectivity index (χ4n) is 3.02. The molecule has 0 unspecified atom stereocenters. The van der Waals surface area contributed by atoms with Gasteiger partial charge in [-0.3, -0.25) is 14.7 Å². The quantitative estimate of drug-likeness (QED) is 0.869. The standard InChI is InChI=1S/C17H21N3O4/c1-3-23-17(22)12-6-8-20(9-7-12)16(21)14-11(2)18-19-15(14)13-5-4-10-24-13/h4-5,10,12H,3,6-9H2,1-2H3,(H,18,19). The first kappa shape index (κ1) is 16.3. The van der Waals surface area contributed by atoms with E-state index in [4.69, 9.17) is 9.15 Å². The number of H-pyrrole nitrogens is 1. The molecule has 1 amide bonds. The van der Waals surface area contributed by atoms with Gasteiger partial charge in [-0.1, -0.05) is 0 Å². The monoisotopic (exact) mass is 331 g/mol. The van der Waals surface area contributed by atoms with E-state index in [-0.39, 0.29) is 17.8 Å². The largest absolute Gasteiger partial charge is 0.466 e. The van der Waals surface area contributed by atoms with Crippen molar-refractivity contribution in [2.24, 2.45) is 5.92 Å². The molecule has 0 saturated carbocycles. The zero-order valence-electron chi connectivity index (χ0n) is 13.9. The Morgan fingerprint density at radius 3 is 2.79 bits per heavy atom. The first-order valence-electron chi connectivity index (χ1n) is 8.16. The van der Waals surface area contributed by atoms with Crippen LogP contribution in [0.2, 0.25) is 0 Å². The summed E-state index contributed by atoms with van der Waals surface area (Å²) in [6.45, 7) is 5.07. The van der Waals surface area contributed by atoms with Crippen LogP contribution in [-0.4, -0.2) is 46.7 Å². The Bertz CT molecular complexity index is 712. The van der Waals surface area contributed by atoms with Crippen LogP contribution < -0.4 is 0 Å². The normalized spacial score (nSPS) is 15.5. The number of carbonyl (C=O) groups excluding carboxylic acids is 2. The molecule has 0 spiro atoms. The Balaban J connectivity index is 1.73. The average Bonchev–Trinajstić information content (AvgIpc) is 3.24. The lowest BCUT2D eigenvalue weighted by Crippen LogP contribution is -2.41. The number of aryl methyl sites for hydroxylation is 1. The molecule has 7 nitrogen and oxygen atoms in total. The number of esters is 1. The maximum atomic E-state index is 12.9. The molecule has 1 N–H and O–H groups in total. The molecule has 2 aromatic rings. The summed E-state index contributed by atoms with van der Waals surface area (Å²) in [6, 6.07) is 3.54. The summed E-state index contributed by atoms with van der Waals surface area (Å²) >= 11 is 0. The molecular formula is C17H21N3O4. The van der Waals surface area contributed by atoms with Crippen LogP contribution in [-0.2, 0) is 9.53 Å². The molecule has 0 radical (unpaired) electrons. The van der Waals surface area contributed by atoms with Gasteiger partial charge in [-0.25, -0.2) is 0 Å². The third-order valence-electron chi connectivity index (χ3n) is 4.32. The Morgan fingerprint density at radius 2 is 2.17 bits per heavy atom. The van der Waals surface area contributed by atoms with E-state index in [0.29, 0.717) is 55.2 Å². The molecule has 24 heavy (non-hydrogen) atoms. The van der Waals surface area contributed by atoms with Gasteiger partial charge >= 0.3 is 5.97 Å². The Kier molecular flexibility index (Phi) is 4.69. The van der Waals surface area contributed by atoms with Crippen LogP contribution in [0.5, 0.6) is 0 Å². The number of ether oxygens (including phenoxy) is 1. The number of rotatable bonds is 4. The van der Waals surface area contributed by atoms with Gasteiger partial charge in [-0.05, 0) is 38.8 Å². The van der Waals surface area contributed by atoms with Crippen molar-refractivity contribution < 1.29 is 18.7 Å². The van der Waals surface area contributed by atoms with Crippen LogP contribution in [0.4, 0.5) is 0 Å². The molecule has 3 heterocycles. The zero-order valence-corrected chi connectivity index (χ0v) is 13.9. The van der Waals surface area contributed by atoms with E-state index in [1.165, 1.54) is 0 Å². The van der Waals surface area contributed by atoms with Gasteiger partial charge in [0.05, 0.1) is 24.4 Å². The molecule has 0 aliphatic carbocycles. The highest BCUT2D eigenvalue weighted by molar-refractivity contribution is 6.00. The number of piperidine rings is 1.